The Kier molecular flexibility index (Phi) is 8.06. The van der Waals surface area contributed by atoms with Gasteiger partial charge in [0.05, 0.1) is 11.4 Å². The average molecular weight is 382 g/mol. The summed E-state index contributed by atoms with van der Waals surface area (Å²) in [6.07, 6.45) is 4.03. The van der Waals surface area contributed by atoms with E-state index in [0.29, 0.717) is 44.2 Å². The molecule has 146 valence electrons. The zero-order chi connectivity index (χ0) is 19.0. The Morgan fingerprint density at radius 3 is 2.27 bits per heavy atom. The maximum absolute atomic E-state index is 12.8. The van der Waals surface area contributed by atoms with E-state index in [-0.39, 0.29) is 5.91 Å². The van der Waals surface area contributed by atoms with E-state index in [1.54, 1.807) is 12.1 Å². The third-order valence-electron chi connectivity index (χ3n) is 4.65. The third-order valence-corrected chi connectivity index (χ3v) is 6.56. The molecule has 1 fully saturated rings. The number of hydrogen-bond donors (Lipinski definition) is 1. The number of amides is 1. The van der Waals surface area contributed by atoms with Crippen LogP contribution in [0.15, 0.2) is 29.2 Å². The van der Waals surface area contributed by atoms with Crippen LogP contribution in [-0.4, -0.2) is 62.8 Å². The van der Waals surface area contributed by atoms with Crippen LogP contribution in [0.1, 0.15) is 38.7 Å². The number of rotatable bonds is 9. The second kappa shape index (κ2) is 10.0. The number of hydrogen-bond acceptors (Lipinski definition) is 4. The Morgan fingerprint density at radius 1 is 1.04 bits per heavy atom. The minimum atomic E-state index is -3.46. The van der Waals surface area contributed by atoms with Crippen molar-refractivity contribution in [2.45, 2.75) is 44.4 Å². The molecule has 1 heterocycles. The molecule has 1 aromatic rings. The Balaban J connectivity index is 1.86. The Hall–Kier alpha value is -1.44. The van der Waals surface area contributed by atoms with Gasteiger partial charge in [-0.05, 0) is 30.5 Å². The summed E-state index contributed by atoms with van der Waals surface area (Å²) in [7, 11) is -3.46. The fourth-order valence-electron chi connectivity index (χ4n) is 3.06. The predicted octanol–water partition coefficient (Wildman–Crippen LogP) is 1.86. The van der Waals surface area contributed by atoms with Gasteiger partial charge in [-0.1, -0.05) is 38.8 Å². The van der Waals surface area contributed by atoms with E-state index >= 15 is 0 Å². The number of carbonyl (C=O) groups excluding carboxylic acids is 1. The van der Waals surface area contributed by atoms with Gasteiger partial charge in [0.1, 0.15) is 0 Å². The molecule has 6 nitrogen and oxygen atoms in total. The lowest BCUT2D eigenvalue weighted by Gasteiger charge is -2.33. The van der Waals surface area contributed by atoms with Gasteiger partial charge >= 0.3 is 0 Å². The fraction of sp³-hybridized carbons (Fsp3) is 0.632. The summed E-state index contributed by atoms with van der Waals surface area (Å²) in [6, 6.07) is 7.20. The highest BCUT2D eigenvalue weighted by Crippen LogP contribution is 2.18. The van der Waals surface area contributed by atoms with Crippen molar-refractivity contribution in [3.8, 4) is 0 Å². The second-order valence-electron chi connectivity index (χ2n) is 6.78. The monoisotopic (exact) mass is 381 g/mol. The van der Waals surface area contributed by atoms with Crippen LogP contribution in [-0.2, 0) is 21.2 Å². The van der Waals surface area contributed by atoms with Gasteiger partial charge in [0, 0.05) is 32.7 Å². The van der Waals surface area contributed by atoms with Crippen LogP contribution in [0.25, 0.3) is 0 Å². The van der Waals surface area contributed by atoms with Gasteiger partial charge in [-0.3, -0.25) is 9.69 Å². The molecule has 0 aromatic heterocycles. The number of carbonyl (C=O) groups is 1. The highest BCUT2D eigenvalue weighted by atomic mass is 32.2. The molecule has 1 aliphatic heterocycles. The predicted molar refractivity (Wildman–Crippen MR) is 104 cm³/mol. The van der Waals surface area contributed by atoms with E-state index in [2.05, 4.69) is 19.2 Å². The van der Waals surface area contributed by atoms with Gasteiger partial charge in [-0.25, -0.2) is 8.42 Å². The lowest BCUT2D eigenvalue weighted by Crippen LogP contribution is -2.51. The summed E-state index contributed by atoms with van der Waals surface area (Å²) in [5, 5.41) is 2.90. The number of sulfonamides is 1. The molecule has 1 N–H and O–H groups in total. The van der Waals surface area contributed by atoms with Crippen LogP contribution < -0.4 is 5.32 Å². The maximum atomic E-state index is 12.8. The van der Waals surface area contributed by atoms with Crippen LogP contribution in [0.5, 0.6) is 0 Å². The first-order valence-corrected chi connectivity index (χ1v) is 11.0. The standard InChI is InChI=1S/C19H31N3O3S/c1-3-5-11-20-19(23)16-21-12-14-22(15-13-21)26(24,25)18-9-7-17(6-4-2)8-10-18/h7-10H,3-6,11-16H2,1-2H3,(H,20,23). The molecule has 1 saturated heterocycles. The smallest absolute Gasteiger partial charge is 0.243 e. The molecule has 0 spiro atoms. The largest absolute Gasteiger partial charge is 0.355 e. The lowest BCUT2D eigenvalue weighted by molar-refractivity contribution is -0.122. The average Bonchev–Trinajstić information content (AvgIpc) is 2.63. The van der Waals surface area contributed by atoms with Crippen molar-refractivity contribution in [3.63, 3.8) is 0 Å². The lowest BCUT2D eigenvalue weighted by atomic mass is 10.1. The molecule has 0 aliphatic carbocycles. The summed E-state index contributed by atoms with van der Waals surface area (Å²) in [4.78, 5) is 14.2. The van der Waals surface area contributed by atoms with Gasteiger partial charge < -0.3 is 5.32 Å². The van der Waals surface area contributed by atoms with Gasteiger partial charge in [0.2, 0.25) is 15.9 Å². The molecule has 0 unspecified atom stereocenters. The van der Waals surface area contributed by atoms with Gasteiger partial charge in [0.25, 0.3) is 0 Å². The van der Waals surface area contributed by atoms with E-state index in [9.17, 15) is 13.2 Å². The van der Waals surface area contributed by atoms with E-state index in [4.69, 9.17) is 0 Å². The Morgan fingerprint density at radius 2 is 1.69 bits per heavy atom. The number of benzene rings is 1. The molecule has 1 aliphatic rings. The zero-order valence-electron chi connectivity index (χ0n) is 15.9. The van der Waals surface area contributed by atoms with Gasteiger partial charge in [-0.2, -0.15) is 4.31 Å². The molecule has 26 heavy (non-hydrogen) atoms. The molecule has 1 amide bonds. The van der Waals surface area contributed by atoms with Gasteiger partial charge in [0.15, 0.2) is 0 Å². The van der Waals surface area contributed by atoms with Gasteiger partial charge in [-0.15, -0.1) is 0 Å². The first kappa shape index (κ1) is 20.9. The molecular weight excluding hydrogens is 350 g/mol. The van der Waals surface area contributed by atoms with Crippen molar-refractivity contribution >= 4 is 15.9 Å². The second-order valence-corrected chi connectivity index (χ2v) is 8.72. The number of aryl methyl sites for hydroxylation is 1. The SMILES string of the molecule is CCCCNC(=O)CN1CCN(S(=O)(=O)c2ccc(CCC)cc2)CC1. The number of unbranched alkanes of at least 4 members (excludes halogenated alkanes) is 1. The van der Waals surface area contributed by atoms with Crippen molar-refractivity contribution in [1.82, 2.24) is 14.5 Å². The van der Waals surface area contributed by atoms with Crippen LogP contribution in [0.3, 0.4) is 0 Å². The van der Waals surface area contributed by atoms with E-state index in [0.717, 1.165) is 31.2 Å². The van der Waals surface area contributed by atoms with Crippen LogP contribution in [0, 0.1) is 0 Å². The van der Waals surface area contributed by atoms with Crippen LogP contribution in [0.2, 0.25) is 0 Å². The van der Waals surface area contributed by atoms with Crippen molar-refractivity contribution in [2.24, 2.45) is 0 Å². The molecule has 0 saturated carbocycles. The quantitative estimate of drug-likeness (QED) is 0.663. The number of nitrogens with zero attached hydrogens (tertiary/aromatic N) is 2. The first-order valence-electron chi connectivity index (χ1n) is 9.55. The number of piperazine rings is 1. The molecule has 2 rings (SSSR count). The molecule has 7 heteroatoms. The molecule has 0 atom stereocenters. The maximum Gasteiger partial charge on any atom is 0.243 e. The molecule has 0 radical (unpaired) electrons. The molecular formula is C19H31N3O3S. The highest BCUT2D eigenvalue weighted by Gasteiger charge is 2.28. The zero-order valence-corrected chi connectivity index (χ0v) is 16.7. The summed E-state index contributed by atoms with van der Waals surface area (Å²) in [5.74, 6) is 0.0151. The summed E-state index contributed by atoms with van der Waals surface area (Å²) >= 11 is 0. The Bertz CT molecular complexity index is 666. The highest BCUT2D eigenvalue weighted by molar-refractivity contribution is 7.89. The molecule has 0 bridgehead atoms. The van der Waals surface area contributed by atoms with E-state index < -0.39 is 10.0 Å². The minimum absolute atomic E-state index is 0.0151. The minimum Gasteiger partial charge on any atom is -0.355 e. The summed E-state index contributed by atoms with van der Waals surface area (Å²) in [5.41, 5.74) is 1.16. The van der Waals surface area contributed by atoms with Crippen LogP contribution in [0.4, 0.5) is 0 Å². The normalized spacial score (nSPS) is 16.5. The van der Waals surface area contributed by atoms with Crippen LogP contribution >= 0.6 is 0 Å². The summed E-state index contributed by atoms with van der Waals surface area (Å²) in [6.45, 7) is 7.23. The number of nitrogens with one attached hydrogen (secondary N) is 1. The first-order chi connectivity index (χ1) is 12.5. The van der Waals surface area contributed by atoms with E-state index in [1.807, 2.05) is 17.0 Å². The van der Waals surface area contributed by atoms with Crippen molar-refractivity contribution in [1.29, 1.82) is 0 Å². The third kappa shape index (κ3) is 5.79. The van der Waals surface area contributed by atoms with Crippen molar-refractivity contribution in [2.75, 3.05) is 39.3 Å². The Labute approximate surface area is 157 Å². The molecule has 1 aromatic carbocycles. The van der Waals surface area contributed by atoms with Crippen molar-refractivity contribution in [3.05, 3.63) is 29.8 Å². The topological polar surface area (TPSA) is 69.7 Å². The van der Waals surface area contributed by atoms with E-state index in [1.165, 1.54) is 4.31 Å². The summed E-state index contributed by atoms with van der Waals surface area (Å²) < 4.78 is 27.1. The fourth-order valence-corrected chi connectivity index (χ4v) is 4.48. The van der Waals surface area contributed by atoms with Crippen molar-refractivity contribution < 1.29 is 13.2 Å².